The fraction of sp³-hybridized carbons (Fsp3) is 0.160. The predicted molar refractivity (Wildman–Crippen MR) is 126 cm³/mol. The number of hydrogen-bond acceptors (Lipinski definition) is 4. The summed E-state index contributed by atoms with van der Waals surface area (Å²) in [5, 5.41) is 5.77. The fourth-order valence-corrected chi connectivity index (χ4v) is 4.67. The van der Waals surface area contributed by atoms with E-state index in [0.29, 0.717) is 29.7 Å². The molecule has 5 rings (SSSR count). The van der Waals surface area contributed by atoms with Crippen LogP contribution >= 0.6 is 23.2 Å². The summed E-state index contributed by atoms with van der Waals surface area (Å²) in [6, 6.07) is 17.2. The van der Waals surface area contributed by atoms with Crippen LogP contribution in [-0.4, -0.2) is 26.0 Å². The van der Waals surface area contributed by atoms with E-state index < -0.39 is 0 Å². The summed E-state index contributed by atoms with van der Waals surface area (Å²) in [7, 11) is 0. The molecule has 0 bridgehead atoms. The Kier molecular flexibility index (Phi) is 5.79. The Bertz CT molecular complexity index is 1250. The Morgan fingerprint density at radius 1 is 1.03 bits per heavy atom. The standard InChI is InChI=1S/C25H20Cl2N4O/c26-21-6-4-17(5-7-21)12-30-13-19-9-18(10-23(27)25(19)24(30)16-32)20-11-29-31(14-20)15-22-3-1-2-8-28-22/h1-11,14,16,24H,12-13,15H2. The Hall–Kier alpha value is -2.99. The average Bonchev–Trinajstić information content (AvgIpc) is 3.40. The highest BCUT2D eigenvalue weighted by molar-refractivity contribution is 6.32. The van der Waals surface area contributed by atoms with E-state index in [9.17, 15) is 4.79 Å². The van der Waals surface area contributed by atoms with Crippen LogP contribution in [0.15, 0.2) is 73.2 Å². The van der Waals surface area contributed by atoms with Crippen molar-refractivity contribution in [3.63, 3.8) is 0 Å². The van der Waals surface area contributed by atoms with Gasteiger partial charge in [0.05, 0.1) is 24.5 Å². The molecule has 0 saturated carbocycles. The number of pyridine rings is 1. The van der Waals surface area contributed by atoms with E-state index in [0.717, 1.165) is 39.8 Å². The van der Waals surface area contributed by atoms with Crippen LogP contribution in [-0.2, 0) is 24.4 Å². The van der Waals surface area contributed by atoms with Gasteiger partial charge in [0.1, 0.15) is 6.29 Å². The zero-order valence-electron chi connectivity index (χ0n) is 17.2. The molecular formula is C25H20Cl2N4O. The topological polar surface area (TPSA) is 51.0 Å². The average molecular weight is 463 g/mol. The second-order valence-electron chi connectivity index (χ2n) is 7.89. The lowest BCUT2D eigenvalue weighted by atomic mass is 10.00. The first-order valence-electron chi connectivity index (χ1n) is 10.3. The molecule has 0 aliphatic carbocycles. The molecule has 0 amide bonds. The highest BCUT2D eigenvalue weighted by Gasteiger charge is 2.32. The zero-order valence-corrected chi connectivity index (χ0v) is 18.7. The van der Waals surface area contributed by atoms with E-state index in [1.165, 1.54) is 0 Å². The molecule has 1 aliphatic rings. The molecule has 1 aliphatic heterocycles. The second kappa shape index (κ2) is 8.87. The van der Waals surface area contributed by atoms with E-state index in [2.05, 4.69) is 21.0 Å². The Labute approximate surface area is 196 Å². The van der Waals surface area contributed by atoms with Gasteiger partial charge in [-0.3, -0.25) is 14.6 Å². The smallest absolute Gasteiger partial charge is 0.141 e. The summed E-state index contributed by atoms with van der Waals surface area (Å²) < 4.78 is 1.86. The summed E-state index contributed by atoms with van der Waals surface area (Å²) in [4.78, 5) is 18.4. The van der Waals surface area contributed by atoms with E-state index in [1.54, 1.807) is 6.20 Å². The van der Waals surface area contributed by atoms with E-state index in [1.807, 2.05) is 65.6 Å². The van der Waals surface area contributed by atoms with Crippen molar-refractivity contribution in [1.82, 2.24) is 19.7 Å². The maximum absolute atomic E-state index is 12.0. The van der Waals surface area contributed by atoms with Gasteiger partial charge >= 0.3 is 0 Å². The third-order valence-corrected chi connectivity index (χ3v) is 6.29. The van der Waals surface area contributed by atoms with Crippen LogP contribution in [0.1, 0.15) is 28.4 Å². The molecule has 32 heavy (non-hydrogen) atoms. The lowest BCUT2D eigenvalue weighted by Crippen LogP contribution is -2.22. The first-order valence-corrected chi connectivity index (χ1v) is 11.0. The molecule has 0 spiro atoms. The van der Waals surface area contributed by atoms with E-state index in [4.69, 9.17) is 23.2 Å². The Morgan fingerprint density at radius 3 is 2.62 bits per heavy atom. The minimum absolute atomic E-state index is 0.367. The van der Waals surface area contributed by atoms with Gasteiger partial charge < -0.3 is 4.79 Å². The molecule has 1 atom stereocenters. The van der Waals surface area contributed by atoms with Crippen molar-refractivity contribution >= 4 is 29.5 Å². The molecule has 2 aromatic heterocycles. The summed E-state index contributed by atoms with van der Waals surface area (Å²) in [5.74, 6) is 0. The molecule has 0 fully saturated rings. The van der Waals surface area contributed by atoms with Crippen molar-refractivity contribution in [2.24, 2.45) is 0 Å². The van der Waals surface area contributed by atoms with Crippen molar-refractivity contribution in [2.75, 3.05) is 0 Å². The highest BCUT2D eigenvalue weighted by atomic mass is 35.5. The number of aldehydes is 1. The molecule has 0 N–H and O–H groups in total. The molecule has 0 saturated heterocycles. The zero-order chi connectivity index (χ0) is 22.1. The fourth-order valence-electron chi connectivity index (χ4n) is 4.19. The second-order valence-corrected chi connectivity index (χ2v) is 8.73. The summed E-state index contributed by atoms with van der Waals surface area (Å²) in [5.41, 5.74) is 5.96. The number of fused-ring (bicyclic) bond motifs is 1. The maximum Gasteiger partial charge on any atom is 0.141 e. The van der Waals surface area contributed by atoms with Crippen LogP contribution in [0, 0.1) is 0 Å². The quantitative estimate of drug-likeness (QED) is 0.352. The lowest BCUT2D eigenvalue weighted by molar-refractivity contribution is -0.112. The van der Waals surface area contributed by atoms with Crippen molar-refractivity contribution in [3.05, 3.63) is 106 Å². The van der Waals surface area contributed by atoms with Crippen LogP contribution in [0.3, 0.4) is 0 Å². The molecule has 3 heterocycles. The third kappa shape index (κ3) is 4.19. The number of aromatic nitrogens is 3. The van der Waals surface area contributed by atoms with Gasteiger partial charge in [-0.25, -0.2) is 0 Å². The first kappa shape index (κ1) is 20.9. The van der Waals surface area contributed by atoms with Crippen LogP contribution in [0.5, 0.6) is 0 Å². The van der Waals surface area contributed by atoms with Gasteiger partial charge in [0.25, 0.3) is 0 Å². The van der Waals surface area contributed by atoms with Gasteiger partial charge in [-0.1, -0.05) is 41.4 Å². The lowest BCUT2D eigenvalue weighted by Gasteiger charge is -2.20. The van der Waals surface area contributed by atoms with Crippen molar-refractivity contribution < 1.29 is 4.79 Å². The summed E-state index contributed by atoms with van der Waals surface area (Å²) >= 11 is 12.7. The molecule has 1 unspecified atom stereocenters. The maximum atomic E-state index is 12.0. The normalized spacial score (nSPS) is 15.6. The van der Waals surface area contributed by atoms with Gasteiger partial charge in [-0.05, 0) is 58.7 Å². The van der Waals surface area contributed by atoms with Crippen molar-refractivity contribution in [3.8, 4) is 11.1 Å². The number of rotatable bonds is 6. The molecule has 7 heteroatoms. The number of carbonyl (C=O) groups excluding carboxylic acids is 1. The predicted octanol–water partition coefficient (Wildman–Crippen LogP) is 5.56. The van der Waals surface area contributed by atoms with Crippen LogP contribution in [0.4, 0.5) is 0 Å². The monoisotopic (exact) mass is 462 g/mol. The van der Waals surface area contributed by atoms with Crippen LogP contribution in [0.2, 0.25) is 10.0 Å². The molecule has 5 nitrogen and oxygen atoms in total. The van der Waals surface area contributed by atoms with Gasteiger partial charge in [-0.15, -0.1) is 0 Å². The van der Waals surface area contributed by atoms with Crippen LogP contribution in [0.25, 0.3) is 11.1 Å². The van der Waals surface area contributed by atoms with E-state index >= 15 is 0 Å². The number of benzene rings is 2. The largest absolute Gasteiger partial charge is 0.301 e. The minimum atomic E-state index is -0.367. The van der Waals surface area contributed by atoms with Gasteiger partial charge in [-0.2, -0.15) is 5.10 Å². The molecule has 0 radical (unpaired) electrons. The Morgan fingerprint density at radius 2 is 1.88 bits per heavy atom. The summed E-state index contributed by atoms with van der Waals surface area (Å²) in [6.45, 7) is 1.89. The molecule has 2 aromatic carbocycles. The minimum Gasteiger partial charge on any atom is -0.301 e. The van der Waals surface area contributed by atoms with Crippen molar-refractivity contribution in [2.45, 2.75) is 25.7 Å². The SMILES string of the molecule is O=CC1c2c(Cl)cc(-c3cnn(Cc4ccccn4)c3)cc2CN1Cc1ccc(Cl)cc1. The van der Waals surface area contributed by atoms with Gasteiger partial charge in [0.15, 0.2) is 0 Å². The number of hydrogen-bond donors (Lipinski definition) is 0. The number of halogens is 2. The Balaban J connectivity index is 1.40. The molecule has 4 aromatic rings. The van der Waals surface area contributed by atoms with Gasteiger partial charge in [0, 0.05) is 41.1 Å². The molecular weight excluding hydrogens is 443 g/mol. The number of nitrogens with zero attached hydrogens (tertiary/aromatic N) is 4. The first-order chi connectivity index (χ1) is 15.6. The van der Waals surface area contributed by atoms with Crippen molar-refractivity contribution in [1.29, 1.82) is 0 Å². The molecule has 160 valence electrons. The van der Waals surface area contributed by atoms with Crippen LogP contribution < -0.4 is 0 Å². The van der Waals surface area contributed by atoms with E-state index in [-0.39, 0.29) is 6.04 Å². The number of carbonyl (C=O) groups is 1. The summed E-state index contributed by atoms with van der Waals surface area (Å²) in [6.07, 6.45) is 6.57. The third-order valence-electron chi connectivity index (χ3n) is 5.72. The highest BCUT2D eigenvalue weighted by Crippen LogP contribution is 2.41. The van der Waals surface area contributed by atoms with Gasteiger partial charge in [0.2, 0.25) is 0 Å².